The Kier molecular flexibility index (Phi) is 5.96. The van der Waals surface area contributed by atoms with Crippen LogP contribution in [-0.2, 0) is 9.53 Å². The fourth-order valence-electron chi connectivity index (χ4n) is 2.66. The number of ether oxygens (including phenoxy) is 3. The highest BCUT2D eigenvalue weighted by Gasteiger charge is 2.14. The van der Waals surface area contributed by atoms with E-state index in [9.17, 15) is 9.59 Å². The molecule has 0 aliphatic carbocycles. The van der Waals surface area contributed by atoms with Crippen molar-refractivity contribution < 1.29 is 23.8 Å². The van der Waals surface area contributed by atoms with Crippen LogP contribution in [0.4, 0.5) is 5.69 Å². The van der Waals surface area contributed by atoms with E-state index in [0.717, 1.165) is 12.0 Å². The summed E-state index contributed by atoms with van der Waals surface area (Å²) in [5, 5.41) is 2.69. The molecule has 0 spiro atoms. The van der Waals surface area contributed by atoms with E-state index < -0.39 is 11.9 Å². The van der Waals surface area contributed by atoms with E-state index in [1.54, 1.807) is 30.3 Å². The number of carbonyl (C=O) groups is 2. The third-order valence-electron chi connectivity index (χ3n) is 4.18. The van der Waals surface area contributed by atoms with Crippen molar-refractivity contribution in [2.24, 2.45) is 0 Å². The van der Waals surface area contributed by atoms with Gasteiger partial charge in [0.05, 0.1) is 18.8 Å². The highest BCUT2D eigenvalue weighted by Crippen LogP contribution is 2.32. The summed E-state index contributed by atoms with van der Waals surface area (Å²) >= 11 is 0. The van der Waals surface area contributed by atoms with Crippen LogP contribution in [0.1, 0.15) is 42.1 Å². The average Bonchev–Trinajstić information content (AvgIpc) is 2.91. The summed E-state index contributed by atoms with van der Waals surface area (Å²) in [6.45, 7) is 4.97. The largest absolute Gasteiger partial charge is 0.490 e. The van der Waals surface area contributed by atoms with Gasteiger partial charge < -0.3 is 19.5 Å². The first kappa shape index (κ1) is 18.8. The molecule has 6 heteroatoms. The third kappa shape index (κ3) is 5.00. The maximum absolute atomic E-state index is 12.1. The predicted molar refractivity (Wildman–Crippen MR) is 101 cm³/mol. The second kappa shape index (κ2) is 8.58. The van der Waals surface area contributed by atoms with Gasteiger partial charge in [-0.3, -0.25) is 4.79 Å². The summed E-state index contributed by atoms with van der Waals surface area (Å²) < 4.78 is 16.2. The van der Waals surface area contributed by atoms with E-state index >= 15 is 0 Å². The van der Waals surface area contributed by atoms with Gasteiger partial charge in [-0.15, -0.1) is 0 Å². The number of benzene rings is 2. The van der Waals surface area contributed by atoms with Crippen LogP contribution in [0.5, 0.6) is 11.5 Å². The number of nitrogens with one attached hydrogen (secondary N) is 1. The van der Waals surface area contributed by atoms with E-state index in [4.69, 9.17) is 14.2 Å². The van der Waals surface area contributed by atoms with Crippen LogP contribution in [0.2, 0.25) is 0 Å². The zero-order valence-electron chi connectivity index (χ0n) is 15.5. The molecule has 3 rings (SSSR count). The topological polar surface area (TPSA) is 73.9 Å². The molecule has 0 fully saturated rings. The molecule has 0 radical (unpaired) electrons. The van der Waals surface area contributed by atoms with Crippen molar-refractivity contribution in [3.05, 3.63) is 53.6 Å². The molecule has 2 aromatic carbocycles. The monoisotopic (exact) mass is 369 g/mol. The Morgan fingerprint density at radius 3 is 2.44 bits per heavy atom. The molecule has 0 saturated carbocycles. The SMILES string of the molecule is CC(C)c1ccc(C(=O)OCC(=O)Nc2ccc3c(c2)OCCCO3)cc1. The van der Waals surface area contributed by atoms with Crippen LogP contribution >= 0.6 is 0 Å². The summed E-state index contributed by atoms with van der Waals surface area (Å²) in [6, 6.07) is 12.4. The summed E-state index contributed by atoms with van der Waals surface area (Å²) in [5.74, 6) is 0.682. The van der Waals surface area contributed by atoms with Gasteiger partial charge >= 0.3 is 5.97 Å². The number of carbonyl (C=O) groups excluding carboxylic acids is 2. The maximum atomic E-state index is 12.1. The molecule has 142 valence electrons. The fourth-order valence-corrected chi connectivity index (χ4v) is 2.66. The molecule has 27 heavy (non-hydrogen) atoms. The van der Waals surface area contributed by atoms with Crippen molar-refractivity contribution in [1.82, 2.24) is 0 Å². The number of esters is 1. The highest BCUT2D eigenvalue weighted by atomic mass is 16.5. The van der Waals surface area contributed by atoms with Crippen molar-refractivity contribution in [3.8, 4) is 11.5 Å². The molecule has 6 nitrogen and oxygen atoms in total. The maximum Gasteiger partial charge on any atom is 0.338 e. The molecule has 0 atom stereocenters. The van der Waals surface area contributed by atoms with Crippen LogP contribution in [0.3, 0.4) is 0 Å². The van der Waals surface area contributed by atoms with Crippen molar-refractivity contribution in [2.45, 2.75) is 26.2 Å². The van der Waals surface area contributed by atoms with Gasteiger partial charge in [-0.25, -0.2) is 4.79 Å². The number of hydrogen-bond donors (Lipinski definition) is 1. The van der Waals surface area contributed by atoms with Crippen molar-refractivity contribution in [2.75, 3.05) is 25.1 Å². The molecular weight excluding hydrogens is 346 g/mol. The lowest BCUT2D eigenvalue weighted by molar-refractivity contribution is -0.119. The Hall–Kier alpha value is -3.02. The van der Waals surface area contributed by atoms with Crippen LogP contribution in [0, 0.1) is 0 Å². The van der Waals surface area contributed by atoms with Gasteiger partial charge in [0, 0.05) is 18.2 Å². The van der Waals surface area contributed by atoms with Crippen LogP contribution in [-0.4, -0.2) is 31.7 Å². The summed E-state index contributed by atoms with van der Waals surface area (Å²) in [7, 11) is 0. The van der Waals surface area contributed by atoms with Gasteiger partial charge in [0.25, 0.3) is 5.91 Å². The number of anilines is 1. The summed E-state index contributed by atoms with van der Waals surface area (Å²) in [5.41, 5.74) is 2.11. The van der Waals surface area contributed by atoms with Gasteiger partial charge in [0.15, 0.2) is 18.1 Å². The third-order valence-corrected chi connectivity index (χ3v) is 4.18. The molecule has 0 bridgehead atoms. The average molecular weight is 369 g/mol. The second-order valence-electron chi connectivity index (χ2n) is 6.61. The van der Waals surface area contributed by atoms with Gasteiger partial charge in [-0.2, -0.15) is 0 Å². The number of rotatable bonds is 5. The predicted octanol–water partition coefficient (Wildman–Crippen LogP) is 3.77. The molecule has 1 N–H and O–H groups in total. The van der Waals surface area contributed by atoms with E-state index in [1.165, 1.54) is 0 Å². The minimum atomic E-state index is -0.529. The lowest BCUT2D eigenvalue weighted by Gasteiger charge is -2.11. The van der Waals surface area contributed by atoms with E-state index in [1.807, 2.05) is 12.1 Å². The van der Waals surface area contributed by atoms with Gasteiger partial charge in [0.1, 0.15) is 0 Å². The molecule has 1 aliphatic heterocycles. The summed E-state index contributed by atoms with van der Waals surface area (Å²) in [4.78, 5) is 24.1. The molecule has 1 amide bonds. The molecule has 1 heterocycles. The molecule has 2 aromatic rings. The Morgan fingerprint density at radius 2 is 1.74 bits per heavy atom. The molecular formula is C21H23NO5. The lowest BCUT2D eigenvalue weighted by atomic mass is 10.0. The normalized spacial score (nSPS) is 13.0. The quantitative estimate of drug-likeness (QED) is 0.812. The van der Waals surface area contributed by atoms with Crippen molar-refractivity contribution in [1.29, 1.82) is 0 Å². The van der Waals surface area contributed by atoms with Gasteiger partial charge in [-0.05, 0) is 35.7 Å². The molecule has 1 aliphatic rings. The minimum Gasteiger partial charge on any atom is -0.490 e. The Labute approximate surface area is 158 Å². The van der Waals surface area contributed by atoms with Crippen LogP contribution < -0.4 is 14.8 Å². The number of amides is 1. The Bertz CT molecular complexity index is 814. The molecule has 0 unspecified atom stereocenters. The Balaban J connectivity index is 1.53. The number of fused-ring (bicyclic) bond motifs is 1. The first-order chi connectivity index (χ1) is 13.0. The van der Waals surface area contributed by atoms with Crippen LogP contribution in [0.15, 0.2) is 42.5 Å². The van der Waals surface area contributed by atoms with E-state index in [0.29, 0.717) is 41.9 Å². The summed E-state index contributed by atoms with van der Waals surface area (Å²) in [6.07, 6.45) is 0.810. The van der Waals surface area contributed by atoms with Crippen molar-refractivity contribution in [3.63, 3.8) is 0 Å². The van der Waals surface area contributed by atoms with Gasteiger partial charge in [-0.1, -0.05) is 26.0 Å². The highest BCUT2D eigenvalue weighted by molar-refractivity contribution is 5.95. The second-order valence-corrected chi connectivity index (χ2v) is 6.61. The van der Waals surface area contributed by atoms with Gasteiger partial charge in [0.2, 0.25) is 0 Å². The molecule has 0 saturated heterocycles. The van der Waals surface area contributed by atoms with Crippen molar-refractivity contribution >= 4 is 17.6 Å². The first-order valence-electron chi connectivity index (χ1n) is 8.99. The molecule has 0 aromatic heterocycles. The Morgan fingerprint density at radius 1 is 1.04 bits per heavy atom. The lowest BCUT2D eigenvalue weighted by Crippen LogP contribution is -2.21. The smallest absolute Gasteiger partial charge is 0.338 e. The first-order valence-corrected chi connectivity index (χ1v) is 8.99. The zero-order valence-corrected chi connectivity index (χ0v) is 15.5. The van der Waals surface area contributed by atoms with Crippen LogP contribution in [0.25, 0.3) is 0 Å². The van der Waals surface area contributed by atoms with E-state index in [2.05, 4.69) is 19.2 Å². The standard InChI is InChI=1S/C21H23NO5/c1-14(2)15-4-6-16(7-5-15)21(24)27-13-20(23)22-17-8-9-18-19(12-17)26-11-3-10-25-18/h4-9,12,14H,3,10-11,13H2,1-2H3,(H,22,23). The minimum absolute atomic E-state index is 0.362. The van der Waals surface area contributed by atoms with E-state index in [-0.39, 0.29) is 6.61 Å². The zero-order chi connectivity index (χ0) is 19.2. The number of hydrogen-bond acceptors (Lipinski definition) is 5. The fraction of sp³-hybridized carbons (Fsp3) is 0.333.